The van der Waals surface area contributed by atoms with Crippen LogP contribution in [0.2, 0.25) is 5.02 Å². The number of aliphatic hydroxyl groups excluding tert-OH is 1. The molecule has 0 bridgehead atoms. The predicted molar refractivity (Wildman–Crippen MR) is 75.8 cm³/mol. The van der Waals surface area contributed by atoms with Crippen molar-refractivity contribution in [1.29, 1.82) is 0 Å². The molecule has 0 atom stereocenters. The third kappa shape index (κ3) is 3.46. The molecule has 2 aromatic rings. The van der Waals surface area contributed by atoms with Crippen molar-refractivity contribution in [1.82, 2.24) is 4.98 Å². The van der Waals surface area contributed by atoms with Gasteiger partial charge in [-0.25, -0.2) is 4.98 Å². The topological polar surface area (TPSA) is 42.4 Å². The first-order valence-electron chi connectivity index (χ1n) is 6.17. The van der Waals surface area contributed by atoms with Crippen LogP contribution < -0.4 is 4.74 Å². The number of hydrogen-bond acceptors (Lipinski definition) is 3. The van der Waals surface area contributed by atoms with Crippen molar-refractivity contribution in [2.45, 2.75) is 26.9 Å². The predicted octanol–water partition coefficient (Wildman–Crippen LogP) is 3.89. The van der Waals surface area contributed by atoms with E-state index in [1.807, 2.05) is 26.0 Å². The summed E-state index contributed by atoms with van der Waals surface area (Å²) in [5.74, 6) is 1.18. The first kappa shape index (κ1) is 13.8. The molecule has 1 N–H and O–H groups in total. The van der Waals surface area contributed by atoms with Crippen LogP contribution in [0.15, 0.2) is 30.3 Å². The molecule has 0 fully saturated rings. The lowest BCUT2D eigenvalue weighted by Crippen LogP contribution is -1.96. The van der Waals surface area contributed by atoms with E-state index in [1.165, 1.54) is 0 Å². The largest absolute Gasteiger partial charge is 0.439 e. The molecule has 2 rings (SSSR count). The summed E-state index contributed by atoms with van der Waals surface area (Å²) in [6.07, 6.45) is 0.795. The normalized spacial score (nSPS) is 10.5. The second kappa shape index (κ2) is 6.04. The zero-order chi connectivity index (χ0) is 13.8. The maximum absolute atomic E-state index is 9.23. The molecule has 19 heavy (non-hydrogen) atoms. The van der Waals surface area contributed by atoms with Gasteiger partial charge in [-0.1, -0.05) is 18.5 Å². The van der Waals surface area contributed by atoms with Gasteiger partial charge in [0, 0.05) is 16.8 Å². The molecule has 0 aliphatic rings. The lowest BCUT2D eigenvalue weighted by atomic mass is 10.2. The number of benzene rings is 1. The number of hydrogen-bond donors (Lipinski definition) is 1. The van der Waals surface area contributed by atoms with Crippen LogP contribution in [0.1, 0.15) is 23.7 Å². The molecular weight excluding hydrogens is 262 g/mol. The summed E-state index contributed by atoms with van der Waals surface area (Å²) >= 11 is 5.97. The Hall–Kier alpha value is -1.58. The molecule has 4 heteroatoms. The van der Waals surface area contributed by atoms with Crippen LogP contribution in [-0.2, 0) is 13.0 Å². The van der Waals surface area contributed by atoms with E-state index in [0.29, 0.717) is 16.7 Å². The molecule has 1 aromatic heterocycles. The SMILES string of the molecule is CCc1cc(CO)cc(Oc2ccc(Cl)c(C)c2)n1. The standard InChI is InChI=1S/C15H16ClNO2/c1-3-12-7-11(9-18)8-15(17-12)19-13-4-5-14(16)10(2)6-13/h4-8,18H,3,9H2,1-2H3. The fourth-order valence-corrected chi connectivity index (χ4v) is 1.86. The van der Waals surface area contributed by atoms with E-state index in [4.69, 9.17) is 16.3 Å². The molecule has 0 saturated heterocycles. The van der Waals surface area contributed by atoms with Gasteiger partial charge >= 0.3 is 0 Å². The van der Waals surface area contributed by atoms with E-state index in [2.05, 4.69) is 4.98 Å². The van der Waals surface area contributed by atoms with Gasteiger partial charge in [0.15, 0.2) is 0 Å². The van der Waals surface area contributed by atoms with Gasteiger partial charge in [0.05, 0.1) is 6.61 Å². The van der Waals surface area contributed by atoms with Gasteiger partial charge in [0.25, 0.3) is 0 Å². The van der Waals surface area contributed by atoms with E-state index < -0.39 is 0 Å². The van der Waals surface area contributed by atoms with Crippen molar-refractivity contribution < 1.29 is 9.84 Å². The van der Waals surface area contributed by atoms with E-state index in [9.17, 15) is 5.11 Å². The second-order valence-corrected chi connectivity index (χ2v) is 4.74. The van der Waals surface area contributed by atoms with Crippen molar-refractivity contribution >= 4 is 11.6 Å². The number of ether oxygens (including phenoxy) is 1. The molecule has 0 aliphatic carbocycles. The fourth-order valence-electron chi connectivity index (χ4n) is 1.75. The molecule has 0 saturated carbocycles. The van der Waals surface area contributed by atoms with E-state index >= 15 is 0 Å². The third-order valence-electron chi connectivity index (χ3n) is 2.81. The summed E-state index contributed by atoms with van der Waals surface area (Å²) in [7, 11) is 0. The third-order valence-corrected chi connectivity index (χ3v) is 3.24. The highest BCUT2D eigenvalue weighted by molar-refractivity contribution is 6.31. The summed E-state index contributed by atoms with van der Waals surface area (Å²) in [5, 5.41) is 9.93. The highest BCUT2D eigenvalue weighted by Crippen LogP contribution is 2.25. The maximum Gasteiger partial charge on any atom is 0.219 e. The average Bonchev–Trinajstić information content (AvgIpc) is 2.42. The Morgan fingerprint density at radius 2 is 2.05 bits per heavy atom. The fraction of sp³-hybridized carbons (Fsp3) is 0.267. The lowest BCUT2D eigenvalue weighted by molar-refractivity contribution is 0.281. The molecular formula is C15H16ClNO2. The van der Waals surface area contributed by atoms with Crippen LogP contribution in [0.3, 0.4) is 0 Å². The highest BCUT2D eigenvalue weighted by atomic mass is 35.5. The Morgan fingerprint density at radius 3 is 2.68 bits per heavy atom. The van der Waals surface area contributed by atoms with Crippen LogP contribution in [-0.4, -0.2) is 10.1 Å². The summed E-state index contributed by atoms with van der Waals surface area (Å²) in [6.45, 7) is 3.91. The Kier molecular flexibility index (Phi) is 4.40. The van der Waals surface area contributed by atoms with Crippen LogP contribution in [0.25, 0.3) is 0 Å². The lowest BCUT2D eigenvalue weighted by Gasteiger charge is -2.09. The Balaban J connectivity index is 2.29. The minimum absolute atomic E-state index is 0.0223. The van der Waals surface area contributed by atoms with Crippen molar-refractivity contribution in [3.8, 4) is 11.6 Å². The number of rotatable bonds is 4. The average molecular weight is 278 g/mol. The molecule has 0 aliphatic heterocycles. The summed E-state index contributed by atoms with van der Waals surface area (Å²) in [4.78, 5) is 4.38. The van der Waals surface area contributed by atoms with Crippen molar-refractivity contribution in [2.24, 2.45) is 0 Å². The van der Waals surface area contributed by atoms with Crippen LogP contribution in [0.5, 0.6) is 11.6 Å². The van der Waals surface area contributed by atoms with Crippen molar-refractivity contribution in [3.05, 3.63) is 52.2 Å². The quantitative estimate of drug-likeness (QED) is 0.922. The minimum Gasteiger partial charge on any atom is -0.439 e. The molecule has 3 nitrogen and oxygen atoms in total. The molecule has 100 valence electrons. The maximum atomic E-state index is 9.23. The van der Waals surface area contributed by atoms with Gasteiger partial charge in [-0.2, -0.15) is 0 Å². The number of aliphatic hydroxyl groups is 1. The van der Waals surface area contributed by atoms with Crippen LogP contribution >= 0.6 is 11.6 Å². The van der Waals surface area contributed by atoms with Crippen LogP contribution in [0.4, 0.5) is 0 Å². The zero-order valence-corrected chi connectivity index (χ0v) is 11.7. The van der Waals surface area contributed by atoms with Gasteiger partial charge in [-0.05, 0) is 48.7 Å². The molecule has 1 aromatic carbocycles. The molecule has 0 radical (unpaired) electrons. The number of aromatic nitrogens is 1. The number of nitrogens with zero attached hydrogens (tertiary/aromatic N) is 1. The van der Waals surface area contributed by atoms with Gasteiger partial charge in [0.1, 0.15) is 5.75 Å². The molecule has 0 spiro atoms. The van der Waals surface area contributed by atoms with Gasteiger partial charge in [0.2, 0.25) is 5.88 Å². The van der Waals surface area contributed by atoms with Crippen LogP contribution in [0, 0.1) is 6.92 Å². The van der Waals surface area contributed by atoms with E-state index in [1.54, 1.807) is 18.2 Å². The monoisotopic (exact) mass is 277 g/mol. The Labute approximate surface area is 117 Å². The molecule has 1 heterocycles. The smallest absolute Gasteiger partial charge is 0.219 e. The van der Waals surface area contributed by atoms with Gasteiger partial charge < -0.3 is 9.84 Å². The van der Waals surface area contributed by atoms with E-state index in [-0.39, 0.29) is 6.61 Å². The second-order valence-electron chi connectivity index (χ2n) is 4.33. The van der Waals surface area contributed by atoms with Crippen molar-refractivity contribution in [2.75, 3.05) is 0 Å². The molecule has 0 unspecified atom stereocenters. The van der Waals surface area contributed by atoms with Crippen molar-refractivity contribution in [3.63, 3.8) is 0 Å². The summed E-state index contributed by atoms with van der Waals surface area (Å²) < 4.78 is 5.72. The highest BCUT2D eigenvalue weighted by Gasteiger charge is 2.05. The number of aryl methyl sites for hydroxylation is 2. The number of pyridine rings is 1. The summed E-state index contributed by atoms with van der Waals surface area (Å²) in [6, 6.07) is 9.07. The Bertz CT molecular complexity index is 562. The van der Waals surface area contributed by atoms with Gasteiger partial charge in [-0.15, -0.1) is 0 Å². The molecule has 0 amide bonds. The number of halogens is 1. The van der Waals surface area contributed by atoms with E-state index in [0.717, 1.165) is 23.2 Å². The Morgan fingerprint density at radius 1 is 1.26 bits per heavy atom. The zero-order valence-electron chi connectivity index (χ0n) is 11.0. The first-order valence-corrected chi connectivity index (χ1v) is 6.55. The first-order chi connectivity index (χ1) is 9.12. The minimum atomic E-state index is -0.0223. The summed E-state index contributed by atoms with van der Waals surface area (Å²) in [5.41, 5.74) is 2.65. The van der Waals surface area contributed by atoms with Gasteiger partial charge in [-0.3, -0.25) is 0 Å².